The standard InChI is InChI=1S/C12H12N2OS/c1-14-7-6-13-12(14)11-10(15)8-4-2-3-5-9(8)16-11/h2-5,15H,6-7H2,1H3. The Morgan fingerprint density at radius 3 is 2.88 bits per heavy atom. The summed E-state index contributed by atoms with van der Waals surface area (Å²) >= 11 is 1.60. The summed E-state index contributed by atoms with van der Waals surface area (Å²) in [7, 11) is 2.01. The fourth-order valence-electron chi connectivity index (χ4n) is 1.96. The third-order valence-electron chi connectivity index (χ3n) is 2.83. The zero-order valence-corrected chi connectivity index (χ0v) is 9.79. The molecule has 0 bridgehead atoms. The van der Waals surface area contributed by atoms with Crippen LogP contribution in [0.25, 0.3) is 10.1 Å². The van der Waals surface area contributed by atoms with Crippen molar-refractivity contribution in [3.63, 3.8) is 0 Å². The van der Waals surface area contributed by atoms with Crippen LogP contribution in [-0.2, 0) is 0 Å². The van der Waals surface area contributed by atoms with E-state index in [0.29, 0.717) is 5.75 Å². The molecule has 4 heteroatoms. The number of likely N-dealkylation sites (N-methyl/N-ethyl adjacent to an activating group) is 1. The van der Waals surface area contributed by atoms with Crippen LogP contribution in [0.2, 0.25) is 0 Å². The maximum absolute atomic E-state index is 10.2. The molecule has 1 N–H and O–H groups in total. The average Bonchev–Trinajstić information content (AvgIpc) is 2.84. The smallest absolute Gasteiger partial charge is 0.145 e. The predicted octanol–water partition coefficient (Wildman–Crippen LogP) is 2.30. The molecule has 3 nitrogen and oxygen atoms in total. The summed E-state index contributed by atoms with van der Waals surface area (Å²) < 4.78 is 1.11. The minimum Gasteiger partial charge on any atom is -0.506 e. The highest BCUT2D eigenvalue weighted by molar-refractivity contribution is 7.21. The summed E-state index contributed by atoms with van der Waals surface area (Å²) in [6.45, 7) is 1.75. The van der Waals surface area contributed by atoms with Crippen molar-refractivity contribution in [3.05, 3.63) is 29.1 Å². The molecule has 0 spiro atoms. The molecule has 0 saturated carbocycles. The van der Waals surface area contributed by atoms with Crippen LogP contribution in [-0.4, -0.2) is 36.0 Å². The van der Waals surface area contributed by atoms with Gasteiger partial charge in [-0.2, -0.15) is 0 Å². The molecule has 0 unspecified atom stereocenters. The lowest BCUT2D eigenvalue weighted by molar-refractivity contribution is 0.480. The number of thiophene rings is 1. The predicted molar refractivity (Wildman–Crippen MR) is 67.5 cm³/mol. The first kappa shape index (κ1) is 9.66. The molecule has 1 aromatic heterocycles. The van der Waals surface area contributed by atoms with Crippen LogP contribution in [0.3, 0.4) is 0 Å². The molecule has 0 saturated heterocycles. The van der Waals surface area contributed by atoms with Gasteiger partial charge in [0.2, 0.25) is 0 Å². The Hall–Kier alpha value is -1.55. The number of nitrogens with zero attached hydrogens (tertiary/aromatic N) is 2. The summed E-state index contributed by atoms with van der Waals surface area (Å²) in [5.41, 5.74) is 0. The monoisotopic (exact) mass is 232 g/mol. The van der Waals surface area contributed by atoms with Crippen LogP contribution in [0.15, 0.2) is 29.3 Å². The van der Waals surface area contributed by atoms with Crippen molar-refractivity contribution < 1.29 is 5.11 Å². The summed E-state index contributed by atoms with van der Waals surface area (Å²) in [6, 6.07) is 7.90. The van der Waals surface area contributed by atoms with Gasteiger partial charge in [0.15, 0.2) is 0 Å². The molecule has 0 aliphatic carbocycles. The van der Waals surface area contributed by atoms with Gasteiger partial charge < -0.3 is 10.0 Å². The fourth-order valence-corrected chi connectivity index (χ4v) is 3.12. The lowest BCUT2D eigenvalue weighted by Crippen LogP contribution is -2.22. The number of aliphatic imine (C=N–C) groups is 1. The Labute approximate surface area is 97.7 Å². The fraction of sp³-hybridized carbons (Fsp3) is 0.250. The maximum Gasteiger partial charge on any atom is 0.145 e. The Bertz CT molecular complexity index is 573. The van der Waals surface area contributed by atoms with Crippen LogP contribution in [0.5, 0.6) is 5.75 Å². The number of hydrogen-bond donors (Lipinski definition) is 1. The van der Waals surface area contributed by atoms with Crippen molar-refractivity contribution in [1.29, 1.82) is 0 Å². The van der Waals surface area contributed by atoms with Gasteiger partial charge in [0.25, 0.3) is 0 Å². The van der Waals surface area contributed by atoms with Gasteiger partial charge in [-0.25, -0.2) is 0 Å². The van der Waals surface area contributed by atoms with Crippen molar-refractivity contribution in [3.8, 4) is 5.75 Å². The first-order valence-electron chi connectivity index (χ1n) is 5.24. The summed E-state index contributed by atoms with van der Waals surface area (Å²) in [5.74, 6) is 1.28. The van der Waals surface area contributed by atoms with Gasteiger partial charge in [0.05, 0.1) is 6.54 Å². The molecule has 1 aromatic carbocycles. The van der Waals surface area contributed by atoms with E-state index < -0.39 is 0 Å². The van der Waals surface area contributed by atoms with E-state index in [1.165, 1.54) is 0 Å². The number of rotatable bonds is 1. The van der Waals surface area contributed by atoms with Crippen molar-refractivity contribution in [2.24, 2.45) is 4.99 Å². The Balaban J connectivity index is 2.21. The molecule has 1 aliphatic heterocycles. The lowest BCUT2D eigenvalue weighted by Gasteiger charge is -2.11. The first-order chi connectivity index (χ1) is 7.77. The van der Waals surface area contributed by atoms with Gasteiger partial charge in [0, 0.05) is 23.7 Å². The third-order valence-corrected chi connectivity index (χ3v) is 3.99. The van der Waals surface area contributed by atoms with E-state index in [4.69, 9.17) is 0 Å². The molecule has 2 aromatic rings. The second-order valence-corrected chi connectivity index (χ2v) is 4.96. The van der Waals surface area contributed by atoms with Gasteiger partial charge in [-0.15, -0.1) is 11.3 Å². The zero-order valence-electron chi connectivity index (χ0n) is 8.97. The van der Waals surface area contributed by atoms with E-state index in [0.717, 1.165) is 33.9 Å². The quantitative estimate of drug-likeness (QED) is 0.819. The van der Waals surface area contributed by atoms with Gasteiger partial charge in [-0.05, 0) is 12.1 Å². The van der Waals surface area contributed by atoms with Gasteiger partial charge in [-0.1, -0.05) is 12.1 Å². The van der Waals surface area contributed by atoms with Gasteiger partial charge in [0.1, 0.15) is 16.5 Å². The van der Waals surface area contributed by atoms with Gasteiger partial charge >= 0.3 is 0 Å². The Kier molecular flexibility index (Phi) is 2.11. The molecule has 0 amide bonds. The molecule has 16 heavy (non-hydrogen) atoms. The number of benzene rings is 1. The molecule has 0 fully saturated rings. The van der Waals surface area contributed by atoms with E-state index in [1.54, 1.807) is 11.3 Å². The molecule has 0 radical (unpaired) electrons. The normalized spacial score (nSPS) is 15.8. The molecule has 1 aliphatic rings. The second-order valence-electron chi connectivity index (χ2n) is 3.90. The average molecular weight is 232 g/mol. The SMILES string of the molecule is CN1CCN=C1c1sc2ccccc2c1O. The topological polar surface area (TPSA) is 35.8 Å². The molecular formula is C12H12N2OS. The van der Waals surface area contributed by atoms with Crippen LogP contribution in [0.4, 0.5) is 0 Å². The maximum atomic E-state index is 10.2. The van der Waals surface area contributed by atoms with E-state index >= 15 is 0 Å². The highest BCUT2D eigenvalue weighted by atomic mass is 32.1. The molecule has 2 heterocycles. The largest absolute Gasteiger partial charge is 0.506 e. The molecule has 82 valence electrons. The molecular weight excluding hydrogens is 220 g/mol. The van der Waals surface area contributed by atoms with Crippen LogP contribution >= 0.6 is 11.3 Å². The minimum absolute atomic E-state index is 0.369. The number of aromatic hydroxyl groups is 1. The minimum atomic E-state index is 0.369. The highest BCUT2D eigenvalue weighted by Crippen LogP contribution is 2.37. The van der Waals surface area contributed by atoms with Gasteiger partial charge in [-0.3, -0.25) is 4.99 Å². The lowest BCUT2D eigenvalue weighted by atomic mass is 10.2. The van der Waals surface area contributed by atoms with Crippen molar-refractivity contribution in [1.82, 2.24) is 4.90 Å². The Morgan fingerprint density at radius 2 is 2.19 bits per heavy atom. The number of hydrogen-bond acceptors (Lipinski definition) is 4. The van der Waals surface area contributed by atoms with Crippen LogP contribution in [0, 0.1) is 0 Å². The van der Waals surface area contributed by atoms with E-state index in [1.807, 2.05) is 31.3 Å². The number of amidine groups is 1. The van der Waals surface area contributed by atoms with E-state index in [2.05, 4.69) is 9.89 Å². The van der Waals surface area contributed by atoms with E-state index in [9.17, 15) is 5.11 Å². The summed E-state index contributed by atoms with van der Waals surface area (Å²) in [5, 5.41) is 11.1. The van der Waals surface area contributed by atoms with E-state index in [-0.39, 0.29) is 0 Å². The zero-order chi connectivity index (χ0) is 11.1. The number of fused-ring (bicyclic) bond motifs is 1. The van der Waals surface area contributed by atoms with Crippen molar-refractivity contribution in [2.45, 2.75) is 0 Å². The highest BCUT2D eigenvalue weighted by Gasteiger charge is 2.21. The first-order valence-corrected chi connectivity index (χ1v) is 6.05. The van der Waals surface area contributed by atoms with Crippen LogP contribution in [0.1, 0.15) is 4.88 Å². The van der Waals surface area contributed by atoms with Crippen molar-refractivity contribution in [2.75, 3.05) is 20.1 Å². The summed E-state index contributed by atoms with van der Waals surface area (Å²) in [4.78, 5) is 7.41. The summed E-state index contributed by atoms with van der Waals surface area (Å²) in [6.07, 6.45) is 0. The Morgan fingerprint density at radius 1 is 1.38 bits per heavy atom. The molecule has 3 rings (SSSR count). The second kappa shape index (κ2) is 3.49. The van der Waals surface area contributed by atoms with Crippen LogP contribution < -0.4 is 0 Å². The molecule has 0 atom stereocenters. The third kappa shape index (κ3) is 1.30. The van der Waals surface area contributed by atoms with Crippen molar-refractivity contribution >= 4 is 27.3 Å².